The predicted octanol–water partition coefficient (Wildman–Crippen LogP) is 2.99. The van der Waals surface area contributed by atoms with Crippen molar-refractivity contribution < 1.29 is 27.5 Å². The third kappa shape index (κ3) is 4.46. The van der Waals surface area contributed by atoms with Crippen molar-refractivity contribution in [3.63, 3.8) is 0 Å². The second kappa shape index (κ2) is 7.65. The van der Waals surface area contributed by atoms with Crippen LogP contribution in [-0.4, -0.2) is 30.8 Å². The van der Waals surface area contributed by atoms with Gasteiger partial charge >= 0.3 is 6.18 Å². The van der Waals surface area contributed by atoms with Crippen LogP contribution in [0.25, 0.3) is 0 Å². The smallest absolute Gasteiger partial charge is 0.416 e. The summed E-state index contributed by atoms with van der Waals surface area (Å²) in [6.45, 7) is 0. The number of hydrogen-bond donors (Lipinski definition) is 1. The highest BCUT2D eigenvalue weighted by molar-refractivity contribution is 6.45. The molecule has 0 aliphatic carbocycles. The Labute approximate surface area is 141 Å². The number of amides is 1. The number of benzene rings is 1. The normalized spacial score (nSPS) is 11.8. The summed E-state index contributed by atoms with van der Waals surface area (Å²) in [7, 11) is 2.66. The zero-order valence-corrected chi connectivity index (χ0v) is 13.3. The number of carbonyl (C=O) groups is 1. The number of oxime groups is 1. The number of likely N-dealkylation sites (N-methyl/N-ethyl adjacent to an activating group) is 1. The maximum absolute atomic E-state index is 12.8. The predicted molar refractivity (Wildman–Crippen MR) is 83.4 cm³/mol. The van der Waals surface area contributed by atoms with E-state index in [1.807, 2.05) is 0 Å². The highest BCUT2D eigenvalue weighted by Crippen LogP contribution is 2.33. The number of rotatable bonds is 5. The van der Waals surface area contributed by atoms with Gasteiger partial charge in [-0.25, -0.2) is 4.98 Å². The second-order valence-electron chi connectivity index (χ2n) is 4.69. The molecule has 132 valence electrons. The van der Waals surface area contributed by atoms with Crippen molar-refractivity contribution in [2.45, 2.75) is 6.18 Å². The van der Waals surface area contributed by atoms with Crippen LogP contribution in [0.1, 0.15) is 11.1 Å². The van der Waals surface area contributed by atoms with Crippen molar-refractivity contribution in [1.82, 2.24) is 10.3 Å². The first-order chi connectivity index (χ1) is 11.9. The molecule has 1 aromatic heterocycles. The lowest BCUT2D eigenvalue weighted by molar-refractivity contribution is -0.137. The Morgan fingerprint density at radius 3 is 2.64 bits per heavy atom. The van der Waals surface area contributed by atoms with Crippen molar-refractivity contribution >= 4 is 11.6 Å². The van der Waals surface area contributed by atoms with Crippen LogP contribution in [0.15, 0.2) is 47.8 Å². The molecule has 0 spiro atoms. The lowest BCUT2D eigenvalue weighted by atomic mass is 10.1. The monoisotopic (exact) mass is 353 g/mol. The van der Waals surface area contributed by atoms with Crippen LogP contribution >= 0.6 is 0 Å². The van der Waals surface area contributed by atoms with Crippen molar-refractivity contribution in [3.05, 3.63) is 53.7 Å². The zero-order valence-electron chi connectivity index (χ0n) is 13.3. The minimum absolute atomic E-state index is 0.0801. The lowest BCUT2D eigenvalue weighted by Gasteiger charge is -2.12. The minimum atomic E-state index is -4.50. The van der Waals surface area contributed by atoms with Crippen LogP contribution in [0, 0.1) is 0 Å². The average Bonchev–Trinajstić information content (AvgIpc) is 2.59. The first kappa shape index (κ1) is 18.2. The van der Waals surface area contributed by atoms with Crippen LogP contribution < -0.4 is 10.1 Å². The molecule has 9 heteroatoms. The van der Waals surface area contributed by atoms with E-state index in [1.165, 1.54) is 44.6 Å². The summed E-state index contributed by atoms with van der Waals surface area (Å²) in [4.78, 5) is 20.5. The Hall–Kier alpha value is -3.10. The van der Waals surface area contributed by atoms with Crippen LogP contribution in [0.5, 0.6) is 11.6 Å². The number of carbonyl (C=O) groups excluding carboxylic acids is 1. The molecule has 0 saturated carbocycles. The molecular formula is C16H14F3N3O3. The number of hydrogen-bond acceptors (Lipinski definition) is 5. The molecule has 0 atom stereocenters. The topological polar surface area (TPSA) is 72.8 Å². The molecule has 1 N–H and O–H groups in total. The fraction of sp³-hybridized carbons (Fsp3) is 0.188. The van der Waals surface area contributed by atoms with Gasteiger partial charge in [0.15, 0.2) is 5.71 Å². The molecule has 2 aromatic rings. The summed E-state index contributed by atoms with van der Waals surface area (Å²) < 4.78 is 43.9. The van der Waals surface area contributed by atoms with E-state index in [9.17, 15) is 18.0 Å². The summed E-state index contributed by atoms with van der Waals surface area (Å²) in [5.41, 5.74) is -0.819. The van der Waals surface area contributed by atoms with E-state index in [0.29, 0.717) is 0 Å². The molecule has 1 amide bonds. The van der Waals surface area contributed by atoms with Gasteiger partial charge in [0.1, 0.15) is 12.9 Å². The quantitative estimate of drug-likeness (QED) is 0.663. The second-order valence-corrected chi connectivity index (χ2v) is 4.69. The van der Waals surface area contributed by atoms with E-state index >= 15 is 0 Å². The third-order valence-electron chi connectivity index (χ3n) is 3.03. The van der Waals surface area contributed by atoms with E-state index in [2.05, 4.69) is 20.3 Å². The van der Waals surface area contributed by atoms with E-state index in [-0.39, 0.29) is 22.9 Å². The summed E-state index contributed by atoms with van der Waals surface area (Å²) in [6, 6.07) is 7.34. The first-order valence-corrected chi connectivity index (χ1v) is 7.00. The Balaban J connectivity index is 2.42. The van der Waals surface area contributed by atoms with Gasteiger partial charge in [0, 0.05) is 13.2 Å². The molecule has 6 nitrogen and oxygen atoms in total. The largest absolute Gasteiger partial charge is 0.438 e. The molecule has 2 rings (SSSR count). The summed E-state index contributed by atoms with van der Waals surface area (Å²) in [6.07, 6.45) is -3.13. The molecule has 0 fully saturated rings. The number of halogens is 3. The molecule has 0 bridgehead atoms. The van der Waals surface area contributed by atoms with Gasteiger partial charge < -0.3 is 14.9 Å². The fourth-order valence-electron chi connectivity index (χ4n) is 1.92. The Morgan fingerprint density at radius 1 is 1.24 bits per heavy atom. The van der Waals surface area contributed by atoms with Crippen molar-refractivity contribution in [3.8, 4) is 11.6 Å². The van der Waals surface area contributed by atoms with E-state index in [4.69, 9.17) is 4.74 Å². The Bertz CT molecular complexity index is 791. The summed E-state index contributed by atoms with van der Waals surface area (Å²) >= 11 is 0. The zero-order chi connectivity index (χ0) is 18.4. The molecule has 0 aliphatic heterocycles. The van der Waals surface area contributed by atoms with Gasteiger partial charge in [0.2, 0.25) is 5.88 Å². The summed E-state index contributed by atoms with van der Waals surface area (Å²) in [5.74, 6) is -0.728. The van der Waals surface area contributed by atoms with Gasteiger partial charge in [-0.1, -0.05) is 11.2 Å². The molecule has 0 unspecified atom stereocenters. The van der Waals surface area contributed by atoms with Crippen LogP contribution in [0.4, 0.5) is 13.2 Å². The standard InChI is InChI=1S/C16H14F3N3O3/c1-20-14(23)13(22-24-2)12-7-4-8-21-15(12)25-11-6-3-5-10(9-11)16(17,18)19/h3-9H,1-2H3,(H,20,23). The molecule has 1 aromatic carbocycles. The van der Waals surface area contributed by atoms with Crippen molar-refractivity contribution in [2.24, 2.45) is 5.16 Å². The molecule has 1 heterocycles. The molecule has 0 saturated heterocycles. The van der Waals surface area contributed by atoms with Gasteiger partial charge in [-0.05, 0) is 30.3 Å². The van der Waals surface area contributed by atoms with E-state index in [1.54, 1.807) is 0 Å². The number of nitrogens with one attached hydrogen (secondary N) is 1. The number of nitrogens with zero attached hydrogens (tertiary/aromatic N) is 2. The Kier molecular flexibility index (Phi) is 5.58. The van der Waals surface area contributed by atoms with Gasteiger partial charge in [0.05, 0.1) is 11.1 Å². The van der Waals surface area contributed by atoms with Crippen molar-refractivity contribution in [2.75, 3.05) is 14.2 Å². The van der Waals surface area contributed by atoms with Crippen LogP contribution in [-0.2, 0) is 15.8 Å². The van der Waals surface area contributed by atoms with Gasteiger partial charge in [-0.15, -0.1) is 0 Å². The highest BCUT2D eigenvalue weighted by Gasteiger charge is 2.30. The van der Waals surface area contributed by atoms with E-state index < -0.39 is 17.6 Å². The van der Waals surface area contributed by atoms with Crippen LogP contribution in [0.3, 0.4) is 0 Å². The molecule has 0 radical (unpaired) electrons. The van der Waals surface area contributed by atoms with Gasteiger partial charge in [0.25, 0.3) is 5.91 Å². The third-order valence-corrected chi connectivity index (χ3v) is 3.03. The van der Waals surface area contributed by atoms with Gasteiger partial charge in [-0.2, -0.15) is 13.2 Å². The fourth-order valence-corrected chi connectivity index (χ4v) is 1.92. The van der Waals surface area contributed by atoms with Crippen molar-refractivity contribution in [1.29, 1.82) is 0 Å². The SMILES string of the molecule is CNC(=O)C(=NOC)c1cccnc1Oc1cccc(C(F)(F)F)c1. The number of alkyl halides is 3. The maximum Gasteiger partial charge on any atom is 0.416 e. The van der Waals surface area contributed by atoms with Gasteiger partial charge in [-0.3, -0.25) is 4.79 Å². The highest BCUT2D eigenvalue weighted by atomic mass is 19.4. The first-order valence-electron chi connectivity index (χ1n) is 7.00. The number of aromatic nitrogens is 1. The minimum Gasteiger partial charge on any atom is -0.438 e. The number of pyridine rings is 1. The number of ether oxygens (including phenoxy) is 1. The maximum atomic E-state index is 12.8. The Morgan fingerprint density at radius 2 is 2.00 bits per heavy atom. The average molecular weight is 353 g/mol. The molecule has 0 aliphatic rings. The lowest BCUT2D eigenvalue weighted by Crippen LogP contribution is -2.29. The van der Waals surface area contributed by atoms with Crippen LogP contribution in [0.2, 0.25) is 0 Å². The van der Waals surface area contributed by atoms with E-state index in [0.717, 1.165) is 12.1 Å². The summed E-state index contributed by atoms with van der Waals surface area (Å²) in [5, 5.41) is 6.02. The molecular weight excluding hydrogens is 339 g/mol. The molecule has 25 heavy (non-hydrogen) atoms.